The molecule has 1 heterocycles. The third kappa shape index (κ3) is 2.96. The molecule has 2 atom stereocenters. The van der Waals surface area contributed by atoms with Crippen LogP contribution in [-0.2, 0) is 4.74 Å². The van der Waals surface area contributed by atoms with Crippen LogP contribution in [0.25, 0.3) is 0 Å². The summed E-state index contributed by atoms with van der Waals surface area (Å²) in [5.41, 5.74) is 8.53. The van der Waals surface area contributed by atoms with E-state index in [1.54, 1.807) is 0 Å². The molecule has 0 saturated carbocycles. The van der Waals surface area contributed by atoms with Crippen molar-refractivity contribution in [3.05, 3.63) is 34.3 Å². The molecule has 0 aliphatic carbocycles. The Balaban J connectivity index is 2.34. The maximum Gasteiger partial charge on any atom is 0.0680 e. The summed E-state index contributed by atoms with van der Waals surface area (Å²) in [6, 6.07) is 5.89. The van der Waals surface area contributed by atoms with Gasteiger partial charge in [0.2, 0.25) is 0 Å². The van der Waals surface area contributed by atoms with Crippen molar-refractivity contribution in [2.24, 2.45) is 11.7 Å². The zero-order chi connectivity index (χ0) is 14.4. The molecule has 106 valence electrons. The SMILES string of the molecule is Cc1ccc(Cl)cc1C(N)C1CC(C)(C)OC1(C)C. The highest BCUT2D eigenvalue weighted by Gasteiger charge is 2.48. The minimum atomic E-state index is -0.211. The first kappa shape index (κ1) is 14.8. The fourth-order valence-electron chi connectivity index (χ4n) is 3.35. The summed E-state index contributed by atoms with van der Waals surface area (Å²) < 4.78 is 6.15. The molecule has 0 bridgehead atoms. The van der Waals surface area contributed by atoms with Gasteiger partial charge in [-0.1, -0.05) is 17.7 Å². The molecule has 1 fully saturated rings. The molecular formula is C16H24ClNO. The maximum atomic E-state index is 6.53. The van der Waals surface area contributed by atoms with Crippen LogP contribution in [0.1, 0.15) is 51.3 Å². The van der Waals surface area contributed by atoms with Gasteiger partial charge in [-0.3, -0.25) is 0 Å². The van der Waals surface area contributed by atoms with Crippen LogP contribution in [0.15, 0.2) is 18.2 Å². The molecule has 2 nitrogen and oxygen atoms in total. The predicted octanol–water partition coefficient (Wildman–Crippen LogP) is 4.24. The molecule has 1 aromatic carbocycles. The summed E-state index contributed by atoms with van der Waals surface area (Å²) in [7, 11) is 0. The first-order valence-corrected chi connectivity index (χ1v) is 7.22. The van der Waals surface area contributed by atoms with Gasteiger partial charge in [-0.2, -0.15) is 0 Å². The van der Waals surface area contributed by atoms with Crippen LogP contribution in [-0.4, -0.2) is 11.2 Å². The van der Waals surface area contributed by atoms with Crippen molar-refractivity contribution in [2.45, 2.75) is 58.3 Å². The summed E-state index contributed by atoms with van der Waals surface area (Å²) in [5, 5.41) is 0.743. The zero-order valence-corrected chi connectivity index (χ0v) is 13.2. The fourth-order valence-corrected chi connectivity index (χ4v) is 3.53. The van der Waals surface area contributed by atoms with Crippen LogP contribution in [0.3, 0.4) is 0 Å². The monoisotopic (exact) mass is 281 g/mol. The third-order valence-corrected chi connectivity index (χ3v) is 4.41. The highest BCUT2D eigenvalue weighted by atomic mass is 35.5. The minimum Gasteiger partial charge on any atom is -0.369 e. The number of nitrogens with two attached hydrogens (primary N) is 1. The number of hydrogen-bond acceptors (Lipinski definition) is 2. The van der Waals surface area contributed by atoms with Gasteiger partial charge in [-0.05, 0) is 64.3 Å². The molecule has 0 spiro atoms. The maximum absolute atomic E-state index is 6.53. The number of ether oxygens (including phenoxy) is 1. The molecule has 2 N–H and O–H groups in total. The van der Waals surface area contributed by atoms with Crippen molar-refractivity contribution in [3.63, 3.8) is 0 Å². The van der Waals surface area contributed by atoms with E-state index in [0.717, 1.165) is 17.0 Å². The molecule has 1 aliphatic rings. The molecule has 0 aromatic heterocycles. The van der Waals surface area contributed by atoms with Gasteiger partial charge in [0.05, 0.1) is 11.2 Å². The molecule has 2 rings (SSSR count). The number of benzene rings is 1. The smallest absolute Gasteiger partial charge is 0.0680 e. The minimum absolute atomic E-state index is 0.0459. The van der Waals surface area contributed by atoms with Crippen molar-refractivity contribution in [2.75, 3.05) is 0 Å². The molecule has 3 heteroatoms. The third-order valence-electron chi connectivity index (χ3n) is 4.18. The lowest BCUT2D eigenvalue weighted by Gasteiger charge is -2.31. The fraction of sp³-hybridized carbons (Fsp3) is 0.625. The van der Waals surface area contributed by atoms with Gasteiger partial charge < -0.3 is 10.5 Å². The van der Waals surface area contributed by atoms with E-state index in [2.05, 4.69) is 34.6 Å². The largest absolute Gasteiger partial charge is 0.369 e. The van der Waals surface area contributed by atoms with Crippen LogP contribution < -0.4 is 5.73 Å². The van der Waals surface area contributed by atoms with Gasteiger partial charge in [-0.15, -0.1) is 0 Å². The van der Waals surface area contributed by atoms with Gasteiger partial charge in [0, 0.05) is 17.0 Å². The quantitative estimate of drug-likeness (QED) is 0.880. The first-order chi connectivity index (χ1) is 8.62. The lowest BCUT2D eigenvalue weighted by Crippen LogP contribution is -2.36. The van der Waals surface area contributed by atoms with Gasteiger partial charge >= 0.3 is 0 Å². The van der Waals surface area contributed by atoms with Gasteiger partial charge in [0.15, 0.2) is 0 Å². The molecule has 1 aromatic rings. The summed E-state index contributed by atoms with van der Waals surface area (Å²) in [4.78, 5) is 0. The van der Waals surface area contributed by atoms with E-state index in [4.69, 9.17) is 22.1 Å². The van der Waals surface area contributed by atoms with E-state index >= 15 is 0 Å². The molecule has 19 heavy (non-hydrogen) atoms. The Morgan fingerprint density at radius 3 is 2.47 bits per heavy atom. The van der Waals surface area contributed by atoms with E-state index in [1.807, 2.05) is 18.2 Å². The van der Waals surface area contributed by atoms with Crippen molar-refractivity contribution >= 4 is 11.6 Å². The Labute approximate surface area is 121 Å². The standard InChI is InChI=1S/C16H24ClNO/c1-10-6-7-11(17)8-12(10)14(18)13-9-15(2,3)19-16(13,4)5/h6-8,13-14H,9,18H2,1-5H3. The predicted molar refractivity (Wildman–Crippen MR) is 80.5 cm³/mol. The Morgan fingerprint density at radius 2 is 1.95 bits per heavy atom. The number of rotatable bonds is 2. The van der Waals surface area contributed by atoms with Crippen molar-refractivity contribution in [1.82, 2.24) is 0 Å². The van der Waals surface area contributed by atoms with Crippen LogP contribution in [0.5, 0.6) is 0 Å². The summed E-state index contributed by atoms with van der Waals surface area (Å²) in [5.74, 6) is 0.291. The second-order valence-electron chi connectivity index (χ2n) is 6.80. The second-order valence-corrected chi connectivity index (χ2v) is 7.24. The van der Waals surface area contributed by atoms with Gasteiger partial charge in [0.25, 0.3) is 0 Å². The Kier molecular flexibility index (Phi) is 3.72. The lowest BCUT2D eigenvalue weighted by molar-refractivity contribution is -0.0767. The number of hydrogen-bond donors (Lipinski definition) is 1. The zero-order valence-electron chi connectivity index (χ0n) is 12.5. The Bertz CT molecular complexity index is 482. The molecule has 1 aliphatic heterocycles. The Morgan fingerprint density at radius 1 is 1.32 bits per heavy atom. The topological polar surface area (TPSA) is 35.2 Å². The summed E-state index contributed by atoms with van der Waals surface area (Å²) in [6.45, 7) is 10.6. The van der Waals surface area contributed by atoms with E-state index < -0.39 is 0 Å². The average molecular weight is 282 g/mol. The first-order valence-electron chi connectivity index (χ1n) is 6.84. The lowest BCUT2D eigenvalue weighted by atomic mass is 9.78. The molecule has 0 radical (unpaired) electrons. The molecule has 2 unspecified atom stereocenters. The van der Waals surface area contributed by atoms with E-state index in [0.29, 0.717) is 5.92 Å². The molecular weight excluding hydrogens is 258 g/mol. The van der Waals surface area contributed by atoms with Crippen molar-refractivity contribution < 1.29 is 4.74 Å². The van der Waals surface area contributed by atoms with Gasteiger partial charge in [0.1, 0.15) is 0 Å². The van der Waals surface area contributed by atoms with E-state index in [9.17, 15) is 0 Å². The Hall–Kier alpha value is -0.570. The second kappa shape index (κ2) is 4.76. The van der Waals surface area contributed by atoms with Crippen LogP contribution in [0, 0.1) is 12.8 Å². The highest BCUT2D eigenvalue weighted by Crippen LogP contribution is 2.47. The highest BCUT2D eigenvalue weighted by molar-refractivity contribution is 6.30. The van der Waals surface area contributed by atoms with Crippen LogP contribution in [0.2, 0.25) is 5.02 Å². The summed E-state index contributed by atoms with van der Waals surface area (Å²) >= 11 is 6.11. The molecule has 1 saturated heterocycles. The van der Waals surface area contributed by atoms with E-state index in [1.165, 1.54) is 5.56 Å². The average Bonchev–Trinajstić information content (AvgIpc) is 2.49. The van der Waals surface area contributed by atoms with Gasteiger partial charge in [-0.25, -0.2) is 0 Å². The normalized spacial score (nSPS) is 26.4. The number of aryl methyl sites for hydroxylation is 1. The van der Waals surface area contributed by atoms with E-state index in [-0.39, 0.29) is 17.2 Å². The summed E-state index contributed by atoms with van der Waals surface area (Å²) in [6.07, 6.45) is 0.965. The van der Waals surface area contributed by atoms with Crippen LogP contribution >= 0.6 is 11.6 Å². The molecule has 0 amide bonds. The van der Waals surface area contributed by atoms with Crippen molar-refractivity contribution in [3.8, 4) is 0 Å². The number of halogens is 1. The van der Waals surface area contributed by atoms with Crippen LogP contribution in [0.4, 0.5) is 0 Å². The van der Waals surface area contributed by atoms with Crippen molar-refractivity contribution in [1.29, 1.82) is 0 Å².